The fraction of sp³-hybridized carbons (Fsp3) is 0.200. The Kier molecular flexibility index (Phi) is 4.57. The molecule has 0 spiro atoms. The van der Waals surface area contributed by atoms with Gasteiger partial charge in [0.15, 0.2) is 5.75 Å². The van der Waals surface area contributed by atoms with Crippen LogP contribution in [0.4, 0.5) is 18.9 Å². The zero-order valence-electron chi connectivity index (χ0n) is 11.3. The number of para-hydroxylation sites is 3. The van der Waals surface area contributed by atoms with Gasteiger partial charge in [0.05, 0.1) is 12.8 Å². The summed E-state index contributed by atoms with van der Waals surface area (Å²) in [4.78, 5) is 0. The van der Waals surface area contributed by atoms with Crippen LogP contribution in [-0.4, -0.2) is 13.5 Å². The molecule has 2 rings (SSSR count). The molecule has 0 aromatic heterocycles. The van der Waals surface area contributed by atoms with Crippen molar-refractivity contribution in [1.29, 1.82) is 0 Å². The monoisotopic (exact) mass is 297 g/mol. The van der Waals surface area contributed by atoms with Crippen LogP contribution in [0.25, 0.3) is 0 Å². The highest BCUT2D eigenvalue weighted by Crippen LogP contribution is 2.30. The van der Waals surface area contributed by atoms with Crippen molar-refractivity contribution in [2.45, 2.75) is 12.9 Å². The highest BCUT2D eigenvalue weighted by molar-refractivity contribution is 5.56. The van der Waals surface area contributed by atoms with Gasteiger partial charge in [-0.1, -0.05) is 30.3 Å². The average Bonchev–Trinajstić information content (AvgIpc) is 2.45. The molecule has 0 saturated heterocycles. The summed E-state index contributed by atoms with van der Waals surface area (Å²) in [5, 5.41) is 2.92. The van der Waals surface area contributed by atoms with Gasteiger partial charge in [0.25, 0.3) is 0 Å². The minimum absolute atomic E-state index is 0.264. The number of nitrogens with one attached hydrogen (secondary N) is 1. The summed E-state index contributed by atoms with van der Waals surface area (Å²) in [7, 11) is 1.54. The van der Waals surface area contributed by atoms with Gasteiger partial charge in [-0.05, 0) is 18.2 Å². The lowest BCUT2D eigenvalue weighted by molar-refractivity contribution is -0.274. The van der Waals surface area contributed by atoms with Gasteiger partial charge in [0, 0.05) is 12.1 Å². The van der Waals surface area contributed by atoms with Crippen LogP contribution in [-0.2, 0) is 6.54 Å². The average molecular weight is 297 g/mol. The molecule has 21 heavy (non-hydrogen) atoms. The number of halogens is 3. The molecule has 0 heterocycles. The minimum Gasteiger partial charge on any atom is -0.496 e. The van der Waals surface area contributed by atoms with Crippen LogP contribution in [0.3, 0.4) is 0 Å². The lowest BCUT2D eigenvalue weighted by Crippen LogP contribution is -2.18. The quantitative estimate of drug-likeness (QED) is 0.897. The molecule has 2 aromatic carbocycles. The first-order valence-electron chi connectivity index (χ1n) is 6.20. The molecule has 0 aliphatic carbocycles. The number of hydrogen-bond acceptors (Lipinski definition) is 3. The zero-order valence-corrected chi connectivity index (χ0v) is 11.3. The molecular weight excluding hydrogens is 283 g/mol. The summed E-state index contributed by atoms with van der Waals surface area (Å²) in [5.41, 5.74) is 1.10. The second-order valence-electron chi connectivity index (χ2n) is 4.21. The Bertz CT molecular complexity index is 599. The zero-order chi connectivity index (χ0) is 15.3. The summed E-state index contributed by atoms with van der Waals surface area (Å²) in [5.74, 6) is 0.402. The highest BCUT2D eigenvalue weighted by atomic mass is 19.4. The Morgan fingerprint density at radius 3 is 2.24 bits per heavy atom. The molecular formula is C15H14F3NO2. The molecule has 1 N–H and O–H groups in total. The first-order valence-corrected chi connectivity index (χ1v) is 6.20. The predicted molar refractivity (Wildman–Crippen MR) is 73.4 cm³/mol. The van der Waals surface area contributed by atoms with Crippen molar-refractivity contribution in [2.24, 2.45) is 0 Å². The van der Waals surface area contributed by atoms with Gasteiger partial charge in [-0.15, -0.1) is 13.2 Å². The highest BCUT2D eigenvalue weighted by Gasteiger charge is 2.32. The molecule has 0 aliphatic heterocycles. The maximum atomic E-state index is 12.3. The molecule has 0 radical (unpaired) electrons. The topological polar surface area (TPSA) is 30.5 Å². The number of hydrogen-bond donors (Lipinski definition) is 1. The van der Waals surface area contributed by atoms with Gasteiger partial charge in [0.1, 0.15) is 5.75 Å². The van der Waals surface area contributed by atoms with Crippen molar-refractivity contribution >= 4 is 5.69 Å². The summed E-state index contributed by atoms with van der Waals surface area (Å²) in [6.07, 6.45) is -4.72. The smallest absolute Gasteiger partial charge is 0.496 e. The minimum atomic E-state index is -4.72. The third kappa shape index (κ3) is 4.30. The van der Waals surface area contributed by atoms with Crippen molar-refractivity contribution in [3.63, 3.8) is 0 Å². The van der Waals surface area contributed by atoms with Crippen LogP contribution in [0, 0.1) is 0 Å². The maximum absolute atomic E-state index is 12.3. The molecule has 0 bridgehead atoms. The molecule has 0 atom stereocenters. The van der Waals surface area contributed by atoms with Crippen LogP contribution >= 0.6 is 0 Å². The van der Waals surface area contributed by atoms with Crippen LogP contribution < -0.4 is 14.8 Å². The van der Waals surface area contributed by atoms with Gasteiger partial charge in [0.2, 0.25) is 0 Å². The number of methoxy groups -OCH3 is 1. The number of benzene rings is 2. The van der Waals surface area contributed by atoms with E-state index < -0.39 is 6.36 Å². The van der Waals surface area contributed by atoms with E-state index >= 15 is 0 Å². The molecule has 6 heteroatoms. The molecule has 3 nitrogen and oxygen atoms in total. The van der Waals surface area contributed by atoms with Gasteiger partial charge in [-0.25, -0.2) is 0 Å². The molecule has 0 fully saturated rings. The van der Waals surface area contributed by atoms with Gasteiger partial charge < -0.3 is 14.8 Å². The summed E-state index contributed by atoms with van der Waals surface area (Å²) >= 11 is 0. The summed E-state index contributed by atoms with van der Waals surface area (Å²) in [6.45, 7) is 0.322. The molecule has 0 aliphatic rings. The van der Waals surface area contributed by atoms with Crippen molar-refractivity contribution < 1.29 is 22.6 Å². The molecule has 0 unspecified atom stereocenters. The maximum Gasteiger partial charge on any atom is 0.573 e. The summed E-state index contributed by atoms with van der Waals surface area (Å²) in [6, 6.07) is 13.2. The summed E-state index contributed by atoms with van der Waals surface area (Å²) < 4.78 is 46.2. The van der Waals surface area contributed by atoms with Gasteiger partial charge >= 0.3 is 6.36 Å². The molecule has 0 amide bonds. The van der Waals surface area contributed by atoms with Gasteiger partial charge in [-0.2, -0.15) is 0 Å². The third-order valence-corrected chi connectivity index (χ3v) is 2.77. The SMILES string of the molecule is COc1ccccc1CNc1ccccc1OC(F)(F)F. The van der Waals surface area contributed by atoms with E-state index in [1.807, 2.05) is 18.2 Å². The number of alkyl halides is 3. The van der Waals surface area contributed by atoms with E-state index in [-0.39, 0.29) is 11.4 Å². The first-order chi connectivity index (χ1) is 9.99. The van der Waals surface area contributed by atoms with E-state index in [1.165, 1.54) is 18.2 Å². The molecule has 2 aromatic rings. The standard InChI is InChI=1S/C15H14F3NO2/c1-20-13-8-4-2-6-11(13)10-19-12-7-3-5-9-14(12)21-15(16,17)18/h2-9,19H,10H2,1H3. The van der Waals surface area contributed by atoms with E-state index in [0.717, 1.165) is 5.56 Å². The Morgan fingerprint density at radius 2 is 1.57 bits per heavy atom. The van der Waals surface area contributed by atoms with Crippen LogP contribution in [0.1, 0.15) is 5.56 Å². The lowest BCUT2D eigenvalue weighted by atomic mass is 10.2. The first kappa shape index (κ1) is 15.0. The Hall–Kier alpha value is -2.37. The number of rotatable bonds is 5. The second-order valence-corrected chi connectivity index (χ2v) is 4.21. The van der Waals surface area contributed by atoms with Gasteiger partial charge in [-0.3, -0.25) is 0 Å². The Labute approximate surface area is 120 Å². The Balaban J connectivity index is 2.13. The number of anilines is 1. The van der Waals surface area contributed by atoms with Crippen molar-refractivity contribution in [3.05, 3.63) is 54.1 Å². The molecule has 0 saturated carbocycles. The van der Waals surface area contributed by atoms with E-state index in [9.17, 15) is 13.2 Å². The van der Waals surface area contributed by atoms with E-state index in [4.69, 9.17) is 4.74 Å². The van der Waals surface area contributed by atoms with Crippen molar-refractivity contribution in [2.75, 3.05) is 12.4 Å². The predicted octanol–water partition coefficient (Wildman–Crippen LogP) is 4.21. The van der Waals surface area contributed by atoms with Crippen molar-refractivity contribution in [3.8, 4) is 11.5 Å². The second kappa shape index (κ2) is 6.39. The van der Waals surface area contributed by atoms with E-state index in [0.29, 0.717) is 12.3 Å². The molecule has 112 valence electrons. The van der Waals surface area contributed by atoms with Crippen LogP contribution in [0.2, 0.25) is 0 Å². The van der Waals surface area contributed by atoms with Crippen LogP contribution in [0.15, 0.2) is 48.5 Å². The third-order valence-electron chi connectivity index (χ3n) is 2.77. The fourth-order valence-electron chi connectivity index (χ4n) is 1.87. The largest absolute Gasteiger partial charge is 0.573 e. The number of ether oxygens (including phenoxy) is 2. The normalized spacial score (nSPS) is 11.0. The lowest BCUT2D eigenvalue weighted by Gasteiger charge is -2.15. The van der Waals surface area contributed by atoms with Crippen molar-refractivity contribution in [1.82, 2.24) is 0 Å². The van der Waals surface area contributed by atoms with Crippen LogP contribution in [0.5, 0.6) is 11.5 Å². The van der Waals surface area contributed by atoms with E-state index in [2.05, 4.69) is 10.1 Å². The van der Waals surface area contributed by atoms with E-state index in [1.54, 1.807) is 19.2 Å². The Morgan fingerprint density at radius 1 is 0.952 bits per heavy atom. The fourth-order valence-corrected chi connectivity index (χ4v) is 1.87.